The van der Waals surface area contributed by atoms with Crippen LogP contribution in [0.25, 0.3) is 10.4 Å². The molecule has 1 fully saturated rings. The van der Waals surface area contributed by atoms with Crippen LogP contribution in [0.1, 0.15) is 18.7 Å². The van der Waals surface area contributed by atoms with Gasteiger partial charge in [0.2, 0.25) is 0 Å². The average molecular weight is 515 g/mol. The zero-order valence-corrected chi connectivity index (χ0v) is 21.5. The van der Waals surface area contributed by atoms with Crippen molar-refractivity contribution in [2.75, 3.05) is 40.5 Å². The van der Waals surface area contributed by atoms with Gasteiger partial charge in [0, 0.05) is 36.7 Å². The summed E-state index contributed by atoms with van der Waals surface area (Å²) in [6, 6.07) is 18.7. The summed E-state index contributed by atoms with van der Waals surface area (Å²) in [5.74, 6) is 2.98. The molecule has 10 heteroatoms. The average Bonchev–Trinajstić information content (AvgIpc) is 3.37. The van der Waals surface area contributed by atoms with E-state index in [4.69, 9.17) is 5.73 Å². The van der Waals surface area contributed by atoms with Crippen LogP contribution in [-0.4, -0.2) is 40.6 Å². The zero-order chi connectivity index (χ0) is 25.6. The van der Waals surface area contributed by atoms with Gasteiger partial charge in [-0.15, -0.1) is 0 Å². The molecule has 37 heavy (non-hydrogen) atoms. The Hall–Kier alpha value is -4.02. The van der Waals surface area contributed by atoms with Crippen molar-refractivity contribution in [2.45, 2.75) is 19.8 Å². The van der Waals surface area contributed by atoms with Crippen molar-refractivity contribution < 1.29 is 4.79 Å². The largest absolute Gasteiger partial charge is 0.356 e. The summed E-state index contributed by atoms with van der Waals surface area (Å²) in [5.41, 5.74) is 8.30. The maximum Gasteiger partial charge on any atom is 0.323 e. The SMILES string of the molecule is Cc1nc(Nc2ncc(-c3ccc(NC(=O)Nc4ccccc4)cc3)s2)cc(N2CCC(CN)CC2)n1. The molecule has 9 nitrogen and oxygen atoms in total. The number of piperidine rings is 1. The predicted octanol–water partition coefficient (Wildman–Crippen LogP) is 5.47. The molecule has 1 aliphatic rings. The third kappa shape index (κ3) is 6.41. The van der Waals surface area contributed by atoms with Gasteiger partial charge in [0.25, 0.3) is 0 Å². The Kier molecular flexibility index (Phi) is 7.57. The second kappa shape index (κ2) is 11.4. The molecule has 0 aliphatic carbocycles. The highest BCUT2D eigenvalue weighted by molar-refractivity contribution is 7.18. The minimum atomic E-state index is -0.286. The van der Waals surface area contributed by atoms with Crippen LogP contribution < -0.4 is 26.6 Å². The molecule has 190 valence electrons. The van der Waals surface area contributed by atoms with Crippen molar-refractivity contribution in [3.8, 4) is 10.4 Å². The molecule has 4 aromatic rings. The summed E-state index contributed by atoms with van der Waals surface area (Å²) >= 11 is 1.54. The van der Waals surface area contributed by atoms with Crippen LogP contribution in [0.15, 0.2) is 66.9 Å². The summed E-state index contributed by atoms with van der Waals surface area (Å²) in [6.45, 7) is 4.57. The van der Waals surface area contributed by atoms with Gasteiger partial charge in [0.15, 0.2) is 5.13 Å². The van der Waals surface area contributed by atoms with E-state index >= 15 is 0 Å². The fourth-order valence-electron chi connectivity index (χ4n) is 4.28. The van der Waals surface area contributed by atoms with Crippen molar-refractivity contribution in [1.29, 1.82) is 0 Å². The normalized spacial score (nSPS) is 13.8. The predicted molar refractivity (Wildman–Crippen MR) is 151 cm³/mol. The zero-order valence-electron chi connectivity index (χ0n) is 20.6. The molecular weight excluding hydrogens is 484 g/mol. The van der Waals surface area contributed by atoms with E-state index < -0.39 is 0 Å². The number of rotatable bonds is 7. The first-order chi connectivity index (χ1) is 18.1. The van der Waals surface area contributed by atoms with Crippen LogP contribution in [0.2, 0.25) is 0 Å². The van der Waals surface area contributed by atoms with Crippen LogP contribution in [-0.2, 0) is 0 Å². The van der Waals surface area contributed by atoms with Gasteiger partial charge < -0.3 is 26.6 Å². The van der Waals surface area contributed by atoms with Crippen LogP contribution in [0.4, 0.5) is 32.9 Å². The molecular formula is C27H30N8OS. The minimum absolute atomic E-state index is 0.286. The van der Waals surface area contributed by atoms with Gasteiger partial charge in [0.05, 0.1) is 4.88 Å². The smallest absolute Gasteiger partial charge is 0.323 e. The lowest BCUT2D eigenvalue weighted by Gasteiger charge is -2.32. The third-order valence-corrected chi connectivity index (χ3v) is 7.26. The number of carbonyl (C=O) groups is 1. The molecule has 0 unspecified atom stereocenters. The summed E-state index contributed by atoms with van der Waals surface area (Å²) in [5, 5.41) is 9.76. The maximum atomic E-state index is 12.2. The number of aromatic nitrogens is 3. The fraction of sp³-hybridized carbons (Fsp3) is 0.259. The highest BCUT2D eigenvalue weighted by atomic mass is 32.1. The lowest BCUT2D eigenvalue weighted by atomic mass is 9.97. The van der Waals surface area contributed by atoms with E-state index in [1.165, 1.54) is 0 Å². The number of benzene rings is 2. The lowest BCUT2D eigenvalue weighted by Crippen LogP contribution is -2.36. The topological polar surface area (TPSA) is 121 Å². The molecule has 3 heterocycles. The van der Waals surface area contributed by atoms with Gasteiger partial charge in [-0.3, -0.25) is 0 Å². The molecule has 2 aromatic carbocycles. The van der Waals surface area contributed by atoms with E-state index in [0.29, 0.717) is 11.6 Å². The van der Waals surface area contributed by atoms with Gasteiger partial charge in [-0.1, -0.05) is 41.7 Å². The van der Waals surface area contributed by atoms with Crippen LogP contribution in [0, 0.1) is 12.8 Å². The summed E-state index contributed by atoms with van der Waals surface area (Å²) < 4.78 is 0. The fourth-order valence-corrected chi connectivity index (χ4v) is 5.11. The third-order valence-electron chi connectivity index (χ3n) is 6.30. The van der Waals surface area contributed by atoms with Crippen molar-refractivity contribution in [3.63, 3.8) is 0 Å². The molecule has 0 spiro atoms. The number of hydrogen-bond acceptors (Lipinski definition) is 8. The number of thiazole rings is 1. The minimum Gasteiger partial charge on any atom is -0.356 e. The molecule has 1 saturated heterocycles. The molecule has 1 aliphatic heterocycles. The first kappa shape index (κ1) is 24.7. The highest BCUT2D eigenvalue weighted by Gasteiger charge is 2.20. The van der Waals surface area contributed by atoms with E-state index in [0.717, 1.165) is 71.2 Å². The Bertz CT molecular complexity index is 1330. The Morgan fingerprint density at radius 2 is 1.73 bits per heavy atom. The van der Waals surface area contributed by atoms with Crippen molar-refractivity contribution in [1.82, 2.24) is 15.0 Å². The number of para-hydroxylation sites is 1. The Morgan fingerprint density at radius 1 is 1.03 bits per heavy atom. The quantitative estimate of drug-likeness (QED) is 0.258. The number of carbonyl (C=O) groups excluding carboxylic acids is 1. The molecule has 0 radical (unpaired) electrons. The molecule has 0 saturated carbocycles. The number of nitrogens with two attached hydrogens (primary N) is 1. The first-order valence-electron chi connectivity index (χ1n) is 12.3. The summed E-state index contributed by atoms with van der Waals surface area (Å²) in [6.07, 6.45) is 4.01. The second-order valence-electron chi connectivity index (χ2n) is 9.00. The van der Waals surface area contributed by atoms with E-state index in [1.54, 1.807) is 11.3 Å². The van der Waals surface area contributed by atoms with Crippen molar-refractivity contribution in [2.24, 2.45) is 11.7 Å². The lowest BCUT2D eigenvalue weighted by molar-refractivity contribution is 0.262. The molecule has 0 bridgehead atoms. The number of urea groups is 1. The second-order valence-corrected chi connectivity index (χ2v) is 10.0. The van der Waals surface area contributed by atoms with E-state index in [2.05, 4.69) is 35.8 Å². The molecule has 2 aromatic heterocycles. The van der Waals surface area contributed by atoms with Crippen molar-refractivity contribution in [3.05, 3.63) is 72.7 Å². The van der Waals surface area contributed by atoms with Crippen LogP contribution in [0.5, 0.6) is 0 Å². The molecule has 5 N–H and O–H groups in total. The Balaban J connectivity index is 1.21. The number of anilines is 5. The first-order valence-corrected chi connectivity index (χ1v) is 13.1. The number of hydrogen-bond donors (Lipinski definition) is 4. The van der Waals surface area contributed by atoms with Gasteiger partial charge in [-0.05, 0) is 62.1 Å². The number of nitrogens with zero attached hydrogens (tertiary/aromatic N) is 4. The Morgan fingerprint density at radius 3 is 2.43 bits per heavy atom. The van der Waals surface area contributed by atoms with E-state index in [9.17, 15) is 4.79 Å². The van der Waals surface area contributed by atoms with E-state index in [1.807, 2.05) is 73.8 Å². The van der Waals surface area contributed by atoms with Gasteiger partial charge in [0.1, 0.15) is 17.5 Å². The van der Waals surface area contributed by atoms with Gasteiger partial charge in [-0.2, -0.15) is 0 Å². The maximum absolute atomic E-state index is 12.2. The summed E-state index contributed by atoms with van der Waals surface area (Å²) in [4.78, 5) is 29.3. The van der Waals surface area contributed by atoms with Crippen LogP contribution in [0.3, 0.4) is 0 Å². The van der Waals surface area contributed by atoms with Gasteiger partial charge in [-0.25, -0.2) is 19.7 Å². The van der Waals surface area contributed by atoms with E-state index in [-0.39, 0.29) is 6.03 Å². The summed E-state index contributed by atoms with van der Waals surface area (Å²) in [7, 11) is 0. The number of aryl methyl sites for hydroxylation is 1. The number of amides is 2. The Labute approximate surface area is 220 Å². The standard InChI is InChI=1S/C27H30N8OS/c1-18-30-24(15-25(31-18)35-13-11-19(16-28)12-14-35)34-27-29-17-23(37-27)20-7-9-22(10-8-20)33-26(36)32-21-5-3-2-4-6-21/h2-10,15,17,19H,11-14,16,28H2,1H3,(H2,32,33,36)(H,29,30,31,34). The van der Waals surface area contributed by atoms with Gasteiger partial charge >= 0.3 is 6.03 Å². The molecule has 5 rings (SSSR count). The molecule has 0 atom stereocenters. The number of nitrogens with one attached hydrogen (secondary N) is 3. The van der Waals surface area contributed by atoms with Crippen molar-refractivity contribution >= 4 is 45.5 Å². The molecule has 2 amide bonds. The highest BCUT2D eigenvalue weighted by Crippen LogP contribution is 2.32. The van der Waals surface area contributed by atoms with Crippen LogP contribution >= 0.6 is 11.3 Å². The monoisotopic (exact) mass is 514 g/mol.